The SMILES string of the molecule is COc1nc(C(=O)N2CCC3(CC2)CC(O)CN(C)C3)nn1C. The molecule has 0 saturated carbocycles. The number of nitrogens with zero attached hydrogens (tertiary/aromatic N) is 5. The molecule has 1 N–H and O–H groups in total. The lowest BCUT2D eigenvalue weighted by molar-refractivity contribution is -0.0288. The molecule has 1 aromatic heterocycles. The standard InChI is InChI=1S/C15H25N5O3/c1-18-9-11(21)8-15(10-18)4-6-20(7-5-15)13(22)12-16-14(23-3)19(2)17-12/h11,21H,4-10H2,1-3H3. The molecule has 8 heteroatoms. The molecule has 0 aliphatic carbocycles. The molecule has 1 atom stereocenters. The number of amides is 1. The van der Waals surface area contributed by atoms with Crippen molar-refractivity contribution in [2.24, 2.45) is 12.5 Å². The van der Waals surface area contributed by atoms with Crippen molar-refractivity contribution in [2.75, 3.05) is 40.3 Å². The first-order chi connectivity index (χ1) is 10.9. The smallest absolute Gasteiger partial charge is 0.314 e. The third-order valence-electron chi connectivity index (χ3n) is 5.00. The Labute approximate surface area is 136 Å². The van der Waals surface area contributed by atoms with Crippen LogP contribution < -0.4 is 4.74 Å². The van der Waals surface area contributed by atoms with Crippen LogP contribution in [-0.2, 0) is 7.05 Å². The van der Waals surface area contributed by atoms with Gasteiger partial charge in [-0.1, -0.05) is 0 Å². The summed E-state index contributed by atoms with van der Waals surface area (Å²) in [7, 11) is 5.26. The number of aromatic nitrogens is 3. The lowest BCUT2D eigenvalue weighted by atomic mass is 9.72. The van der Waals surface area contributed by atoms with Crippen molar-refractivity contribution < 1.29 is 14.6 Å². The number of β-amino-alcohol motifs (C(OH)–C–C–N with tert-alkyl or cyclic N) is 1. The van der Waals surface area contributed by atoms with Crippen LogP contribution in [0.3, 0.4) is 0 Å². The van der Waals surface area contributed by atoms with Crippen LogP contribution >= 0.6 is 0 Å². The summed E-state index contributed by atoms with van der Waals surface area (Å²) < 4.78 is 6.53. The Hall–Kier alpha value is -1.67. The number of hydrogen-bond donors (Lipinski definition) is 1. The highest BCUT2D eigenvalue weighted by atomic mass is 16.5. The summed E-state index contributed by atoms with van der Waals surface area (Å²) in [5.74, 6) is 0.0320. The predicted molar refractivity (Wildman–Crippen MR) is 83.2 cm³/mol. The molecule has 3 heterocycles. The van der Waals surface area contributed by atoms with Gasteiger partial charge in [-0.05, 0) is 31.7 Å². The van der Waals surface area contributed by atoms with Crippen LogP contribution in [-0.4, -0.2) is 82.0 Å². The molecule has 2 saturated heterocycles. The van der Waals surface area contributed by atoms with Crippen LogP contribution in [0.4, 0.5) is 0 Å². The summed E-state index contributed by atoms with van der Waals surface area (Å²) >= 11 is 0. The average Bonchev–Trinajstić information content (AvgIpc) is 2.87. The molecule has 1 amide bonds. The van der Waals surface area contributed by atoms with Gasteiger partial charge in [0.25, 0.3) is 5.91 Å². The summed E-state index contributed by atoms with van der Waals surface area (Å²) in [4.78, 5) is 20.7. The van der Waals surface area contributed by atoms with E-state index in [4.69, 9.17) is 4.74 Å². The van der Waals surface area contributed by atoms with Gasteiger partial charge < -0.3 is 19.6 Å². The van der Waals surface area contributed by atoms with E-state index in [2.05, 4.69) is 15.0 Å². The van der Waals surface area contributed by atoms with Crippen LogP contribution in [0.25, 0.3) is 0 Å². The van der Waals surface area contributed by atoms with Crippen LogP contribution in [0, 0.1) is 5.41 Å². The van der Waals surface area contributed by atoms with E-state index in [1.54, 1.807) is 11.9 Å². The molecule has 2 fully saturated rings. The number of hydrogen-bond acceptors (Lipinski definition) is 6. The summed E-state index contributed by atoms with van der Waals surface area (Å²) in [5.41, 5.74) is 0.123. The van der Waals surface area contributed by atoms with E-state index < -0.39 is 0 Å². The first kappa shape index (κ1) is 16.2. The Kier molecular flexibility index (Phi) is 4.29. The monoisotopic (exact) mass is 323 g/mol. The van der Waals surface area contributed by atoms with Crippen molar-refractivity contribution in [1.29, 1.82) is 0 Å². The Morgan fingerprint density at radius 3 is 2.61 bits per heavy atom. The van der Waals surface area contributed by atoms with Crippen molar-refractivity contribution in [3.8, 4) is 6.01 Å². The topological polar surface area (TPSA) is 83.7 Å². The minimum absolute atomic E-state index is 0.123. The molecule has 8 nitrogen and oxygen atoms in total. The van der Waals surface area contributed by atoms with Crippen LogP contribution in [0.15, 0.2) is 0 Å². The van der Waals surface area contributed by atoms with E-state index in [-0.39, 0.29) is 23.3 Å². The fourth-order valence-electron chi connectivity index (χ4n) is 3.95. The fraction of sp³-hybridized carbons (Fsp3) is 0.800. The number of carbonyl (C=O) groups is 1. The van der Waals surface area contributed by atoms with Crippen molar-refractivity contribution >= 4 is 5.91 Å². The molecule has 2 aliphatic rings. The number of likely N-dealkylation sites (N-methyl/N-ethyl adjacent to an activating group) is 1. The molecular formula is C15H25N5O3. The van der Waals surface area contributed by atoms with Crippen LogP contribution in [0.5, 0.6) is 6.01 Å². The maximum atomic E-state index is 12.6. The zero-order valence-corrected chi connectivity index (χ0v) is 14.0. The van der Waals surface area contributed by atoms with Crippen molar-refractivity contribution in [2.45, 2.75) is 25.4 Å². The Balaban J connectivity index is 1.65. The van der Waals surface area contributed by atoms with E-state index in [9.17, 15) is 9.90 Å². The number of aliphatic hydroxyl groups excluding tert-OH is 1. The van der Waals surface area contributed by atoms with Gasteiger partial charge in [-0.2, -0.15) is 4.98 Å². The summed E-state index contributed by atoms with van der Waals surface area (Å²) in [6.45, 7) is 3.09. The summed E-state index contributed by atoms with van der Waals surface area (Å²) in [6, 6.07) is 0.332. The highest BCUT2D eigenvalue weighted by molar-refractivity contribution is 5.90. The molecule has 1 unspecified atom stereocenters. The molecule has 0 bridgehead atoms. The zero-order chi connectivity index (χ0) is 16.6. The van der Waals surface area contributed by atoms with Gasteiger partial charge in [-0.15, -0.1) is 5.10 Å². The quantitative estimate of drug-likeness (QED) is 0.807. The molecule has 23 heavy (non-hydrogen) atoms. The predicted octanol–water partition coefficient (Wildman–Crippen LogP) is -0.257. The summed E-state index contributed by atoms with van der Waals surface area (Å²) in [6.07, 6.45) is 2.38. The zero-order valence-electron chi connectivity index (χ0n) is 14.0. The second-order valence-corrected chi connectivity index (χ2v) is 6.89. The number of rotatable bonds is 2. The van der Waals surface area contributed by atoms with Gasteiger partial charge in [-0.25, -0.2) is 4.68 Å². The summed E-state index contributed by atoms with van der Waals surface area (Å²) in [5, 5.41) is 14.2. The Morgan fingerprint density at radius 2 is 2.04 bits per heavy atom. The van der Waals surface area contributed by atoms with Gasteiger partial charge in [0.2, 0.25) is 5.82 Å². The number of methoxy groups -OCH3 is 1. The normalized spacial score (nSPS) is 24.9. The number of piperidine rings is 2. The highest BCUT2D eigenvalue weighted by Gasteiger charge is 2.41. The van der Waals surface area contributed by atoms with Gasteiger partial charge in [0.15, 0.2) is 0 Å². The van der Waals surface area contributed by atoms with Crippen molar-refractivity contribution in [3.05, 3.63) is 5.82 Å². The molecular weight excluding hydrogens is 298 g/mol. The molecule has 128 valence electrons. The van der Waals surface area contributed by atoms with Gasteiger partial charge >= 0.3 is 6.01 Å². The maximum Gasteiger partial charge on any atom is 0.314 e. The van der Waals surface area contributed by atoms with Gasteiger partial charge in [-0.3, -0.25) is 4.79 Å². The van der Waals surface area contributed by atoms with E-state index in [1.807, 2.05) is 7.05 Å². The number of ether oxygens (including phenoxy) is 1. The Bertz CT molecular complexity index is 568. The van der Waals surface area contributed by atoms with E-state index in [1.165, 1.54) is 11.8 Å². The fourth-order valence-corrected chi connectivity index (χ4v) is 3.95. The lowest BCUT2D eigenvalue weighted by Crippen LogP contribution is -2.53. The first-order valence-corrected chi connectivity index (χ1v) is 8.03. The second kappa shape index (κ2) is 6.09. The van der Waals surface area contributed by atoms with Crippen LogP contribution in [0.2, 0.25) is 0 Å². The lowest BCUT2D eigenvalue weighted by Gasteiger charge is -2.48. The van der Waals surface area contributed by atoms with Gasteiger partial charge in [0.1, 0.15) is 0 Å². The molecule has 0 aromatic carbocycles. The maximum absolute atomic E-state index is 12.6. The molecule has 3 rings (SSSR count). The van der Waals surface area contributed by atoms with Gasteiger partial charge in [0.05, 0.1) is 13.2 Å². The number of aliphatic hydroxyl groups is 1. The van der Waals surface area contributed by atoms with E-state index >= 15 is 0 Å². The molecule has 2 aliphatic heterocycles. The molecule has 0 radical (unpaired) electrons. The van der Waals surface area contributed by atoms with Crippen molar-refractivity contribution in [1.82, 2.24) is 24.6 Å². The third kappa shape index (κ3) is 3.18. The van der Waals surface area contributed by atoms with Gasteiger partial charge in [0, 0.05) is 33.2 Å². The van der Waals surface area contributed by atoms with E-state index in [0.29, 0.717) is 19.1 Å². The number of aryl methyl sites for hydroxylation is 1. The largest absolute Gasteiger partial charge is 0.467 e. The van der Waals surface area contributed by atoms with Crippen molar-refractivity contribution in [3.63, 3.8) is 0 Å². The number of likely N-dealkylation sites (tertiary alicyclic amines) is 2. The average molecular weight is 323 g/mol. The molecule has 1 spiro atoms. The first-order valence-electron chi connectivity index (χ1n) is 8.03. The van der Waals surface area contributed by atoms with Crippen LogP contribution in [0.1, 0.15) is 29.9 Å². The number of carbonyl (C=O) groups excluding carboxylic acids is 1. The highest BCUT2D eigenvalue weighted by Crippen LogP contribution is 2.39. The Morgan fingerprint density at radius 1 is 1.35 bits per heavy atom. The second-order valence-electron chi connectivity index (χ2n) is 6.89. The minimum Gasteiger partial charge on any atom is -0.467 e. The minimum atomic E-state index is -0.266. The van der Waals surface area contributed by atoms with E-state index in [0.717, 1.165) is 32.4 Å². The third-order valence-corrected chi connectivity index (χ3v) is 5.00. The molecule has 1 aromatic rings.